The van der Waals surface area contributed by atoms with E-state index in [0.29, 0.717) is 5.69 Å². The number of amides is 1. The van der Waals surface area contributed by atoms with E-state index in [0.717, 1.165) is 0 Å². The summed E-state index contributed by atoms with van der Waals surface area (Å²) >= 11 is 0. The molecule has 1 aliphatic heterocycles. The zero-order valence-electron chi connectivity index (χ0n) is 9.26. The molecule has 0 spiro atoms. The van der Waals surface area contributed by atoms with Gasteiger partial charge in [-0.05, 0) is 6.07 Å². The van der Waals surface area contributed by atoms with E-state index in [1.165, 1.54) is 21.8 Å². The lowest BCUT2D eigenvalue weighted by Gasteiger charge is -2.17. The fourth-order valence-corrected chi connectivity index (χ4v) is 1.87. The van der Waals surface area contributed by atoms with E-state index in [-0.39, 0.29) is 13.0 Å². The minimum Gasteiger partial charge on any atom is -0.479 e. The van der Waals surface area contributed by atoms with Crippen LogP contribution < -0.4 is 0 Å². The van der Waals surface area contributed by atoms with Crippen LogP contribution in [0.4, 0.5) is 4.39 Å². The molecule has 2 heterocycles. The summed E-state index contributed by atoms with van der Waals surface area (Å²) in [5, 5.41) is 12.6. The van der Waals surface area contributed by atoms with Crippen LogP contribution in [0, 0.1) is 0 Å². The molecule has 1 saturated heterocycles. The van der Waals surface area contributed by atoms with E-state index in [4.69, 9.17) is 5.11 Å². The molecular formula is C10H12FN3O3. The lowest BCUT2D eigenvalue weighted by molar-refractivity contribution is -0.149. The van der Waals surface area contributed by atoms with E-state index in [1.807, 2.05) is 0 Å². The highest BCUT2D eigenvalue weighted by atomic mass is 19.1. The van der Waals surface area contributed by atoms with Crippen molar-refractivity contribution in [1.82, 2.24) is 14.7 Å². The Bertz CT molecular complexity index is 473. The second-order valence-corrected chi connectivity index (χ2v) is 4.09. The summed E-state index contributed by atoms with van der Waals surface area (Å²) in [6.07, 6.45) is 1.29. The average Bonchev–Trinajstić information content (AvgIpc) is 2.85. The van der Waals surface area contributed by atoms with E-state index in [9.17, 15) is 14.0 Å². The summed E-state index contributed by atoms with van der Waals surface area (Å²) in [5.41, 5.74) is -2.01. The first-order valence-electron chi connectivity index (χ1n) is 5.14. The van der Waals surface area contributed by atoms with Crippen LogP contribution in [-0.4, -0.2) is 50.4 Å². The van der Waals surface area contributed by atoms with Crippen molar-refractivity contribution in [3.8, 4) is 0 Å². The van der Waals surface area contributed by atoms with Gasteiger partial charge in [0.05, 0.1) is 6.54 Å². The van der Waals surface area contributed by atoms with Crippen LogP contribution in [0.3, 0.4) is 0 Å². The second-order valence-electron chi connectivity index (χ2n) is 4.09. The number of nitrogens with zero attached hydrogens (tertiary/aromatic N) is 3. The van der Waals surface area contributed by atoms with Crippen molar-refractivity contribution in [2.24, 2.45) is 7.05 Å². The number of carbonyl (C=O) groups is 2. The van der Waals surface area contributed by atoms with Crippen LogP contribution in [0.5, 0.6) is 0 Å². The minimum atomic E-state index is -2.33. The molecule has 0 aliphatic carbocycles. The molecule has 1 N–H and O–H groups in total. The van der Waals surface area contributed by atoms with Gasteiger partial charge in [-0.25, -0.2) is 9.18 Å². The first kappa shape index (κ1) is 11.6. The number of aromatic nitrogens is 2. The van der Waals surface area contributed by atoms with Gasteiger partial charge in [0.2, 0.25) is 5.67 Å². The molecule has 6 nitrogen and oxygen atoms in total. The van der Waals surface area contributed by atoms with Crippen LogP contribution in [-0.2, 0) is 11.8 Å². The van der Waals surface area contributed by atoms with Crippen molar-refractivity contribution >= 4 is 11.9 Å². The molecule has 2 rings (SSSR count). The molecule has 17 heavy (non-hydrogen) atoms. The average molecular weight is 241 g/mol. The number of aryl methyl sites for hydroxylation is 1. The molecule has 1 aromatic rings. The molecule has 1 fully saturated rings. The molecule has 1 atom stereocenters. The van der Waals surface area contributed by atoms with Crippen molar-refractivity contribution in [3.05, 3.63) is 18.0 Å². The maximum atomic E-state index is 13.8. The molecule has 0 saturated carbocycles. The maximum absolute atomic E-state index is 13.8. The quantitative estimate of drug-likeness (QED) is 0.794. The largest absolute Gasteiger partial charge is 0.479 e. The Hall–Kier alpha value is -1.92. The number of hydrogen-bond acceptors (Lipinski definition) is 3. The van der Waals surface area contributed by atoms with Crippen molar-refractivity contribution in [3.63, 3.8) is 0 Å². The molecular weight excluding hydrogens is 229 g/mol. The number of likely N-dealkylation sites (tertiary alicyclic amines) is 1. The molecule has 1 aliphatic rings. The number of rotatable bonds is 2. The van der Waals surface area contributed by atoms with Gasteiger partial charge in [-0.3, -0.25) is 9.48 Å². The summed E-state index contributed by atoms with van der Waals surface area (Å²) < 4.78 is 15.1. The van der Waals surface area contributed by atoms with E-state index in [2.05, 4.69) is 5.10 Å². The predicted octanol–water partition coefficient (Wildman–Crippen LogP) is 0.0589. The van der Waals surface area contributed by atoms with E-state index >= 15 is 0 Å². The van der Waals surface area contributed by atoms with Crippen LogP contribution in [0.1, 0.15) is 16.9 Å². The van der Waals surface area contributed by atoms with Crippen molar-refractivity contribution in [1.29, 1.82) is 0 Å². The van der Waals surface area contributed by atoms with Gasteiger partial charge >= 0.3 is 5.97 Å². The zero-order valence-corrected chi connectivity index (χ0v) is 9.26. The fraction of sp³-hybridized carbons (Fsp3) is 0.500. The standard InChI is InChI=1S/C10H12FN3O3/c1-13-7(2-4-12-13)8(15)14-5-3-10(11,6-14)9(16)17/h2,4H,3,5-6H2,1H3,(H,16,17). The van der Waals surface area contributed by atoms with Gasteiger partial charge in [0.25, 0.3) is 5.91 Å². The molecule has 1 unspecified atom stereocenters. The number of carboxylic acid groups (broad SMARTS) is 1. The molecule has 0 aromatic carbocycles. The monoisotopic (exact) mass is 241 g/mol. The Morgan fingerprint density at radius 1 is 1.59 bits per heavy atom. The molecule has 0 bridgehead atoms. The van der Waals surface area contributed by atoms with Gasteiger partial charge < -0.3 is 10.0 Å². The van der Waals surface area contributed by atoms with Gasteiger partial charge in [0.15, 0.2) is 0 Å². The normalized spacial score (nSPS) is 24.0. The summed E-state index contributed by atoms with van der Waals surface area (Å²) in [5.74, 6) is -1.91. The fourth-order valence-electron chi connectivity index (χ4n) is 1.87. The van der Waals surface area contributed by atoms with Crippen LogP contribution in [0.2, 0.25) is 0 Å². The Kier molecular flexibility index (Phi) is 2.60. The summed E-state index contributed by atoms with van der Waals surface area (Å²) in [7, 11) is 1.60. The number of alkyl halides is 1. The van der Waals surface area contributed by atoms with Gasteiger partial charge in [-0.15, -0.1) is 0 Å². The topological polar surface area (TPSA) is 75.4 Å². The Morgan fingerprint density at radius 2 is 2.29 bits per heavy atom. The van der Waals surface area contributed by atoms with Gasteiger partial charge in [0.1, 0.15) is 5.69 Å². The smallest absolute Gasteiger partial charge is 0.343 e. The summed E-state index contributed by atoms with van der Waals surface area (Å²) in [4.78, 5) is 23.9. The third-order valence-electron chi connectivity index (χ3n) is 2.93. The number of hydrogen-bond donors (Lipinski definition) is 1. The molecule has 92 valence electrons. The van der Waals surface area contributed by atoms with Crippen molar-refractivity contribution in [2.45, 2.75) is 12.1 Å². The van der Waals surface area contributed by atoms with Crippen molar-refractivity contribution < 1.29 is 19.1 Å². The van der Waals surface area contributed by atoms with Gasteiger partial charge in [-0.1, -0.05) is 0 Å². The molecule has 7 heteroatoms. The van der Waals surface area contributed by atoms with Crippen LogP contribution >= 0.6 is 0 Å². The van der Waals surface area contributed by atoms with Gasteiger partial charge in [-0.2, -0.15) is 5.10 Å². The number of halogens is 1. The highest BCUT2D eigenvalue weighted by molar-refractivity contribution is 5.93. The minimum absolute atomic E-state index is 0.104. The number of carbonyl (C=O) groups excluding carboxylic acids is 1. The Balaban J connectivity index is 2.15. The van der Waals surface area contributed by atoms with Crippen molar-refractivity contribution in [2.75, 3.05) is 13.1 Å². The first-order chi connectivity index (χ1) is 7.94. The second kappa shape index (κ2) is 3.83. The summed E-state index contributed by atoms with van der Waals surface area (Å²) in [6, 6.07) is 1.52. The van der Waals surface area contributed by atoms with Crippen LogP contribution in [0.15, 0.2) is 12.3 Å². The lowest BCUT2D eigenvalue weighted by Crippen LogP contribution is -2.39. The highest BCUT2D eigenvalue weighted by Crippen LogP contribution is 2.26. The Labute approximate surface area is 96.6 Å². The summed E-state index contributed by atoms with van der Waals surface area (Å²) in [6.45, 7) is -0.306. The number of carboxylic acids is 1. The van der Waals surface area contributed by atoms with Crippen LogP contribution in [0.25, 0.3) is 0 Å². The third-order valence-corrected chi connectivity index (χ3v) is 2.93. The molecule has 1 aromatic heterocycles. The highest BCUT2D eigenvalue weighted by Gasteiger charge is 2.47. The first-order valence-corrected chi connectivity index (χ1v) is 5.14. The zero-order chi connectivity index (χ0) is 12.6. The van der Waals surface area contributed by atoms with Gasteiger partial charge in [0, 0.05) is 26.2 Å². The third kappa shape index (κ3) is 1.88. The maximum Gasteiger partial charge on any atom is 0.343 e. The SMILES string of the molecule is Cn1nccc1C(=O)N1CCC(F)(C(=O)O)C1. The molecule has 0 radical (unpaired) electrons. The number of aliphatic carboxylic acids is 1. The lowest BCUT2D eigenvalue weighted by atomic mass is 10.1. The van der Waals surface area contributed by atoms with E-state index < -0.39 is 24.1 Å². The Morgan fingerprint density at radius 3 is 2.76 bits per heavy atom. The predicted molar refractivity (Wildman–Crippen MR) is 55.2 cm³/mol. The molecule has 1 amide bonds. The van der Waals surface area contributed by atoms with E-state index in [1.54, 1.807) is 7.05 Å².